The lowest BCUT2D eigenvalue weighted by molar-refractivity contribution is 0.0690. The fourth-order valence-corrected chi connectivity index (χ4v) is 1.17. The first-order valence-corrected chi connectivity index (χ1v) is 5.15. The highest BCUT2D eigenvalue weighted by Crippen LogP contribution is 2.11. The van der Waals surface area contributed by atoms with Gasteiger partial charge in [0.25, 0.3) is 0 Å². The van der Waals surface area contributed by atoms with Gasteiger partial charge in [-0.2, -0.15) is 0 Å². The summed E-state index contributed by atoms with van der Waals surface area (Å²) in [6.45, 7) is 3.72. The smallest absolute Gasteiger partial charge is 0.354 e. The number of rotatable bonds is 3. The largest absolute Gasteiger partial charge is 0.477 e. The molecule has 1 aromatic heterocycles. The minimum Gasteiger partial charge on any atom is -0.477 e. The standard InChI is InChI=1S/C11H15N3O3/c1-7(2)13-11(17)14(3)8-4-5-9(10(15)16)12-6-8/h4-7H,1-3H3,(H,13,17)(H,15,16). The summed E-state index contributed by atoms with van der Waals surface area (Å²) >= 11 is 0. The van der Waals surface area contributed by atoms with Gasteiger partial charge in [0.15, 0.2) is 0 Å². The lowest BCUT2D eigenvalue weighted by Gasteiger charge is -2.19. The van der Waals surface area contributed by atoms with Gasteiger partial charge in [-0.3, -0.25) is 4.90 Å². The van der Waals surface area contributed by atoms with Crippen molar-refractivity contribution < 1.29 is 14.7 Å². The summed E-state index contributed by atoms with van der Waals surface area (Å²) in [6, 6.07) is 2.67. The average molecular weight is 237 g/mol. The van der Waals surface area contributed by atoms with E-state index >= 15 is 0 Å². The molecule has 0 saturated heterocycles. The van der Waals surface area contributed by atoms with Gasteiger partial charge < -0.3 is 10.4 Å². The molecular weight excluding hydrogens is 222 g/mol. The minimum absolute atomic E-state index is 0.0381. The molecule has 0 aromatic carbocycles. The molecule has 0 fully saturated rings. The molecule has 0 atom stereocenters. The molecule has 1 aromatic rings. The number of amides is 2. The van der Waals surface area contributed by atoms with Crippen molar-refractivity contribution in [2.75, 3.05) is 11.9 Å². The highest BCUT2D eigenvalue weighted by molar-refractivity contribution is 5.92. The van der Waals surface area contributed by atoms with Crippen molar-refractivity contribution in [3.05, 3.63) is 24.0 Å². The second kappa shape index (κ2) is 5.29. The Morgan fingerprint density at radius 1 is 1.41 bits per heavy atom. The Morgan fingerprint density at radius 2 is 2.06 bits per heavy atom. The number of hydrogen-bond acceptors (Lipinski definition) is 3. The van der Waals surface area contributed by atoms with Crippen LogP contribution in [0.1, 0.15) is 24.3 Å². The molecule has 0 aliphatic heterocycles. The first kappa shape index (κ1) is 13.0. The van der Waals surface area contributed by atoms with Crippen LogP contribution in [0.25, 0.3) is 0 Å². The number of carboxylic acid groups (broad SMARTS) is 1. The fraction of sp³-hybridized carbons (Fsp3) is 0.364. The number of nitrogens with zero attached hydrogens (tertiary/aromatic N) is 2. The predicted octanol–water partition coefficient (Wildman–Crippen LogP) is 1.33. The third-order valence-electron chi connectivity index (χ3n) is 2.07. The Morgan fingerprint density at radius 3 is 2.47 bits per heavy atom. The van der Waals surface area contributed by atoms with Crippen molar-refractivity contribution in [1.29, 1.82) is 0 Å². The lowest BCUT2D eigenvalue weighted by Crippen LogP contribution is -2.40. The topological polar surface area (TPSA) is 82.5 Å². The predicted molar refractivity (Wildman–Crippen MR) is 63.3 cm³/mol. The zero-order valence-electron chi connectivity index (χ0n) is 9.97. The number of carboxylic acids is 1. The normalized spacial score (nSPS) is 10.1. The quantitative estimate of drug-likeness (QED) is 0.830. The third-order valence-corrected chi connectivity index (χ3v) is 2.07. The molecule has 6 heteroatoms. The van der Waals surface area contributed by atoms with E-state index in [4.69, 9.17) is 5.11 Å². The number of urea groups is 1. The van der Waals surface area contributed by atoms with Crippen molar-refractivity contribution in [2.45, 2.75) is 19.9 Å². The van der Waals surface area contributed by atoms with Gasteiger partial charge in [0.2, 0.25) is 0 Å². The Hall–Kier alpha value is -2.11. The molecular formula is C11H15N3O3. The number of hydrogen-bond donors (Lipinski definition) is 2. The maximum absolute atomic E-state index is 11.6. The van der Waals surface area contributed by atoms with Crippen LogP contribution in [0, 0.1) is 0 Å². The zero-order chi connectivity index (χ0) is 13.0. The number of aromatic nitrogens is 1. The van der Waals surface area contributed by atoms with Crippen molar-refractivity contribution >= 4 is 17.7 Å². The van der Waals surface area contributed by atoms with E-state index in [-0.39, 0.29) is 17.8 Å². The number of carbonyl (C=O) groups excluding carboxylic acids is 1. The average Bonchev–Trinajstić information content (AvgIpc) is 2.27. The van der Waals surface area contributed by atoms with Crippen LogP contribution < -0.4 is 10.2 Å². The number of aromatic carboxylic acids is 1. The summed E-state index contributed by atoms with van der Waals surface area (Å²) in [6.07, 6.45) is 1.35. The highest BCUT2D eigenvalue weighted by Gasteiger charge is 2.12. The summed E-state index contributed by atoms with van der Waals surface area (Å²) in [7, 11) is 1.59. The van der Waals surface area contributed by atoms with Crippen molar-refractivity contribution in [1.82, 2.24) is 10.3 Å². The highest BCUT2D eigenvalue weighted by atomic mass is 16.4. The van der Waals surface area contributed by atoms with Gasteiger partial charge in [-0.25, -0.2) is 14.6 Å². The molecule has 0 aliphatic rings. The van der Waals surface area contributed by atoms with Crippen molar-refractivity contribution in [3.63, 3.8) is 0 Å². The van der Waals surface area contributed by atoms with Crippen molar-refractivity contribution in [3.8, 4) is 0 Å². The summed E-state index contributed by atoms with van der Waals surface area (Å²) in [5, 5.41) is 11.4. The Balaban J connectivity index is 2.79. The van der Waals surface area contributed by atoms with Crippen LogP contribution in [0.15, 0.2) is 18.3 Å². The maximum atomic E-state index is 11.6. The van der Waals surface area contributed by atoms with Crippen LogP contribution in [0.3, 0.4) is 0 Å². The van der Waals surface area contributed by atoms with E-state index in [1.807, 2.05) is 13.8 Å². The van der Waals surface area contributed by atoms with Gasteiger partial charge in [-0.15, -0.1) is 0 Å². The van der Waals surface area contributed by atoms with E-state index in [1.165, 1.54) is 23.2 Å². The number of pyridine rings is 1. The Labute approximate surface area is 99.3 Å². The van der Waals surface area contributed by atoms with Gasteiger partial charge in [-0.1, -0.05) is 0 Å². The van der Waals surface area contributed by atoms with Crippen LogP contribution in [-0.2, 0) is 0 Å². The number of anilines is 1. The molecule has 0 unspecified atom stereocenters. The molecule has 0 spiro atoms. The molecule has 17 heavy (non-hydrogen) atoms. The molecule has 0 saturated carbocycles. The molecule has 0 radical (unpaired) electrons. The third kappa shape index (κ3) is 3.44. The van der Waals surface area contributed by atoms with E-state index < -0.39 is 5.97 Å². The first-order valence-electron chi connectivity index (χ1n) is 5.15. The van der Waals surface area contributed by atoms with Gasteiger partial charge >= 0.3 is 12.0 Å². The van der Waals surface area contributed by atoms with E-state index in [1.54, 1.807) is 7.05 Å². The van der Waals surface area contributed by atoms with E-state index in [0.717, 1.165) is 0 Å². The summed E-state index contributed by atoms with van der Waals surface area (Å²) < 4.78 is 0. The summed E-state index contributed by atoms with van der Waals surface area (Å²) in [5.41, 5.74) is 0.486. The molecule has 0 aliphatic carbocycles. The zero-order valence-corrected chi connectivity index (χ0v) is 9.97. The molecule has 2 N–H and O–H groups in total. The van der Waals surface area contributed by atoms with Crippen LogP contribution in [-0.4, -0.2) is 35.2 Å². The molecule has 1 heterocycles. The van der Waals surface area contributed by atoms with Gasteiger partial charge in [-0.05, 0) is 26.0 Å². The molecule has 6 nitrogen and oxygen atoms in total. The lowest BCUT2D eigenvalue weighted by atomic mass is 10.3. The van der Waals surface area contributed by atoms with Crippen molar-refractivity contribution in [2.24, 2.45) is 0 Å². The maximum Gasteiger partial charge on any atom is 0.354 e. The monoisotopic (exact) mass is 237 g/mol. The second-order valence-electron chi connectivity index (χ2n) is 3.87. The second-order valence-corrected chi connectivity index (χ2v) is 3.87. The van der Waals surface area contributed by atoms with Gasteiger partial charge in [0.05, 0.1) is 11.9 Å². The van der Waals surface area contributed by atoms with E-state index in [2.05, 4.69) is 10.3 Å². The molecule has 92 valence electrons. The number of nitrogens with one attached hydrogen (secondary N) is 1. The van der Waals surface area contributed by atoms with Crippen LogP contribution in [0.5, 0.6) is 0 Å². The Bertz CT molecular complexity index is 414. The molecule has 2 amide bonds. The van der Waals surface area contributed by atoms with E-state index in [9.17, 15) is 9.59 Å². The minimum atomic E-state index is -1.09. The Kier molecular flexibility index (Phi) is 4.03. The van der Waals surface area contributed by atoms with Crippen LogP contribution in [0.2, 0.25) is 0 Å². The first-order chi connectivity index (χ1) is 7.91. The van der Waals surface area contributed by atoms with Gasteiger partial charge in [0, 0.05) is 13.1 Å². The van der Waals surface area contributed by atoms with Crippen LogP contribution >= 0.6 is 0 Å². The van der Waals surface area contributed by atoms with Gasteiger partial charge in [0.1, 0.15) is 5.69 Å². The van der Waals surface area contributed by atoms with E-state index in [0.29, 0.717) is 5.69 Å². The fourth-order valence-electron chi connectivity index (χ4n) is 1.17. The van der Waals surface area contributed by atoms with Crippen LogP contribution in [0.4, 0.5) is 10.5 Å². The summed E-state index contributed by atoms with van der Waals surface area (Å²) in [4.78, 5) is 27.4. The number of carbonyl (C=O) groups is 2. The molecule has 1 rings (SSSR count). The SMILES string of the molecule is CC(C)NC(=O)N(C)c1ccc(C(=O)O)nc1. The summed E-state index contributed by atoms with van der Waals surface area (Å²) in [5.74, 6) is -1.09. The molecule has 0 bridgehead atoms.